The number of nitrogens with one attached hydrogen (secondary N) is 3. The van der Waals surface area contributed by atoms with E-state index in [-0.39, 0.29) is 12.3 Å². The second-order valence-electron chi connectivity index (χ2n) is 8.04. The molecule has 1 amide bonds. The fourth-order valence-electron chi connectivity index (χ4n) is 3.71. The summed E-state index contributed by atoms with van der Waals surface area (Å²) in [5.41, 5.74) is 2.45. The largest absolute Gasteiger partial charge is 0.481 e. The van der Waals surface area contributed by atoms with Crippen molar-refractivity contribution in [2.75, 3.05) is 17.2 Å². The van der Waals surface area contributed by atoms with Gasteiger partial charge in [-0.25, -0.2) is 0 Å². The van der Waals surface area contributed by atoms with Crippen molar-refractivity contribution in [3.8, 4) is 0 Å². The molecular formula is C26H26N4O4S. The smallest absolute Gasteiger partial charge is 0.304 e. The summed E-state index contributed by atoms with van der Waals surface area (Å²) in [6.07, 6.45) is 7.03. The number of nitrogens with zero attached hydrogens (tertiary/aromatic N) is 1. The van der Waals surface area contributed by atoms with Crippen molar-refractivity contribution in [1.82, 2.24) is 10.3 Å². The molecule has 1 aliphatic heterocycles. The van der Waals surface area contributed by atoms with Crippen LogP contribution in [-0.4, -0.2) is 32.7 Å². The number of anilines is 2. The maximum atomic E-state index is 13.2. The van der Waals surface area contributed by atoms with Crippen LogP contribution in [0.2, 0.25) is 0 Å². The minimum atomic E-state index is -1.61. The molecule has 0 aliphatic carbocycles. The molecule has 0 bridgehead atoms. The Kier molecular flexibility index (Phi) is 7.89. The zero-order valence-corrected chi connectivity index (χ0v) is 19.8. The number of aromatic nitrogens is 1. The van der Waals surface area contributed by atoms with E-state index in [2.05, 4.69) is 27.0 Å². The molecule has 180 valence electrons. The summed E-state index contributed by atoms with van der Waals surface area (Å²) in [4.78, 5) is 28.6. The van der Waals surface area contributed by atoms with E-state index in [0.717, 1.165) is 30.9 Å². The first-order chi connectivity index (χ1) is 17.0. The van der Waals surface area contributed by atoms with Crippen LogP contribution in [0, 0.1) is 0 Å². The van der Waals surface area contributed by atoms with Gasteiger partial charge in [0.25, 0.3) is 5.91 Å². The molecule has 3 aromatic rings. The number of carbonyl (C=O) groups excluding carboxylic acids is 1. The Morgan fingerprint density at radius 2 is 1.91 bits per heavy atom. The number of pyridine rings is 1. The third-order valence-corrected chi connectivity index (χ3v) is 7.16. The fourth-order valence-corrected chi connectivity index (χ4v) is 5.13. The Morgan fingerprint density at radius 1 is 1.09 bits per heavy atom. The highest BCUT2D eigenvalue weighted by Crippen LogP contribution is 2.29. The van der Waals surface area contributed by atoms with E-state index in [1.807, 2.05) is 12.1 Å². The summed E-state index contributed by atoms with van der Waals surface area (Å²) in [6, 6.07) is 17.2. The molecule has 2 atom stereocenters. The van der Waals surface area contributed by atoms with Crippen molar-refractivity contribution in [1.29, 1.82) is 0 Å². The van der Waals surface area contributed by atoms with E-state index in [0.29, 0.717) is 21.7 Å². The first-order valence-electron chi connectivity index (χ1n) is 11.2. The molecule has 0 saturated carbocycles. The number of allylic oxidation sites excluding steroid dienone is 1. The summed E-state index contributed by atoms with van der Waals surface area (Å²) in [5, 5.41) is 18.0. The van der Waals surface area contributed by atoms with Crippen LogP contribution in [-0.2, 0) is 15.6 Å². The van der Waals surface area contributed by atoms with Crippen LogP contribution in [0.25, 0.3) is 0 Å². The van der Waals surface area contributed by atoms with Crippen LogP contribution < -0.4 is 16.0 Å². The van der Waals surface area contributed by atoms with Gasteiger partial charge < -0.3 is 21.1 Å². The lowest BCUT2D eigenvalue weighted by atomic mass is 10.1. The Labute approximate surface area is 205 Å². The Hall–Kier alpha value is -3.98. The predicted octanol–water partition coefficient (Wildman–Crippen LogP) is 4.29. The van der Waals surface area contributed by atoms with Gasteiger partial charge in [0.2, 0.25) is 0 Å². The normalized spacial score (nSPS) is 14.7. The molecule has 0 spiro atoms. The Morgan fingerprint density at radius 3 is 2.60 bits per heavy atom. The number of aliphatic carboxylic acids is 1. The second-order valence-corrected chi connectivity index (χ2v) is 9.68. The van der Waals surface area contributed by atoms with Crippen LogP contribution >= 0.6 is 0 Å². The first kappa shape index (κ1) is 24.2. The van der Waals surface area contributed by atoms with Crippen LogP contribution in [0.15, 0.2) is 89.8 Å². The zero-order chi connectivity index (χ0) is 24.6. The number of amides is 1. The number of carboxylic acids is 1. The van der Waals surface area contributed by atoms with Gasteiger partial charge in [-0.3, -0.25) is 18.8 Å². The lowest BCUT2D eigenvalue weighted by Gasteiger charge is -2.17. The van der Waals surface area contributed by atoms with Crippen molar-refractivity contribution in [3.05, 3.63) is 96.1 Å². The maximum absolute atomic E-state index is 13.2. The number of rotatable bonds is 9. The topological polar surface area (TPSA) is 120 Å². The molecule has 4 rings (SSSR count). The zero-order valence-electron chi connectivity index (χ0n) is 18.9. The lowest BCUT2D eigenvalue weighted by Crippen LogP contribution is -2.24. The van der Waals surface area contributed by atoms with Gasteiger partial charge in [-0.15, -0.1) is 0 Å². The van der Waals surface area contributed by atoms with Gasteiger partial charge >= 0.3 is 5.97 Å². The maximum Gasteiger partial charge on any atom is 0.304 e. The molecule has 0 radical (unpaired) electrons. The first-order valence-corrected chi connectivity index (χ1v) is 12.5. The highest BCUT2D eigenvalue weighted by Gasteiger charge is 2.24. The molecule has 1 aromatic heterocycles. The molecule has 4 N–H and O–H groups in total. The molecular weight excluding hydrogens is 464 g/mol. The van der Waals surface area contributed by atoms with Gasteiger partial charge in [-0.2, -0.15) is 0 Å². The van der Waals surface area contributed by atoms with Gasteiger partial charge in [0, 0.05) is 40.8 Å². The van der Waals surface area contributed by atoms with Gasteiger partial charge in [-0.05, 0) is 73.0 Å². The summed E-state index contributed by atoms with van der Waals surface area (Å²) >= 11 is 0. The molecule has 2 unspecified atom stereocenters. The van der Waals surface area contributed by atoms with Gasteiger partial charge in [0.15, 0.2) is 0 Å². The quantitative estimate of drug-likeness (QED) is 0.353. The van der Waals surface area contributed by atoms with Crippen molar-refractivity contribution in [3.63, 3.8) is 0 Å². The molecule has 2 heterocycles. The minimum absolute atomic E-state index is 0.271. The van der Waals surface area contributed by atoms with Crippen molar-refractivity contribution < 1.29 is 18.9 Å². The van der Waals surface area contributed by atoms with E-state index in [1.165, 1.54) is 6.20 Å². The summed E-state index contributed by atoms with van der Waals surface area (Å²) in [5.74, 6) is -0.375. The van der Waals surface area contributed by atoms with Crippen molar-refractivity contribution in [2.24, 2.45) is 0 Å². The molecule has 8 nitrogen and oxygen atoms in total. The van der Waals surface area contributed by atoms with E-state index >= 15 is 0 Å². The van der Waals surface area contributed by atoms with Gasteiger partial charge in [-0.1, -0.05) is 12.1 Å². The molecule has 35 heavy (non-hydrogen) atoms. The van der Waals surface area contributed by atoms with Crippen LogP contribution in [0.1, 0.15) is 40.4 Å². The Balaban J connectivity index is 1.43. The van der Waals surface area contributed by atoms with E-state index < -0.39 is 22.0 Å². The van der Waals surface area contributed by atoms with E-state index in [1.54, 1.807) is 54.7 Å². The second kappa shape index (κ2) is 11.4. The number of carbonyl (C=O) groups is 2. The van der Waals surface area contributed by atoms with Gasteiger partial charge in [0.05, 0.1) is 28.3 Å². The third-order valence-electron chi connectivity index (χ3n) is 5.47. The number of hydrogen-bond donors (Lipinski definition) is 4. The predicted molar refractivity (Wildman–Crippen MR) is 135 cm³/mol. The molecule has 9 heteroatoms. The minimum Gasteiger partial charge on any atom is -0.481 e. The number of carboxylic acid groups (broad SMARTS) is 1. The fraction of sp³-hybridized carbons (Fsp3) is 0.192. The number of benzene rings is 2. The highest BCUT2D eigenvalue weighted by atomic mass is 32.2. The van der Waals surface area contributed by atoms with Crippen LogP contribution in [0.3, 0.4) is 0 Å². The standard InChI is InChI=1S/C26H26N4O4S/c31-25(32)16-23(19-6-4-13-27-17-19)35(34)22-11-9-20(10-12-22)30-26(33)18-5-3-7-21(15-18)29-24-8-1-2-14-28-24/h3-13,15,17,23,28-29H,1-2,14,16H2,(H,30,33)(H,31,32). The molecule has 0 saturated heterocycles. The highest BCUT2D eigenvalue weighted by molar-refractivity contribution is 7.85. The molecule has 2 aromatic carbocycles. The van der Waals surface area contributed by atoms with Gasteiger partial charge in [0.1, 0.15) is 0 Å². The van der Waals surface area contributed by atoms with E-state index in [4.69, 9.17) is 0 Å². The SMILES string of the molecule is O=C(O)CC(c1cccnc1)S(=O)c1ccc(NC(=O)c2cccc(NC3=CCCCN3)c2)cc1. The summed E-state index contributed by atoms with van der Waals surface area (Å²) in [6.45, 7) is 0.916. The van der Waals surface area contributed by atoms with Crippen molar-refractivity contribution >= 4 is 34.1 Å². The van der Waals surface area contributed by atoms with Crippen LogP contribution in [0.5, 0.6) is 0 Å². The third kappa shape index (κ3) is 6.54. The average Bonchev–Trinajstić information content (AvgIpc) is 2.88. The summed E-state index contributed by atoms with van der Waals surface area (Å²) < 4.78 is 13.2. The summed E-state index contributed by atoms with van der Waals surface area (Å²) in [7, 11) is -1.61. The molecule has 1 aliphatic rings. The number of hydrogen-bond acceptors (Lipinski definition) is 6. The van der Waals surface area contributed by atoms with Crippen molar-refractivity contribution in [2.45, 2.75) is 29.4 Å². The monoisotopic (exact) mass is 490 g/mol. The van der Waals surface area contributed by atoms with E-state index in [9.17, 15) is 18.9 Å². The molecule has 0 fully saturated rings. The average molecular weight is 491 g/mol. The Bertz CT molecular complexity index is 1250. The van der Waals surface area contributed by atoms with Crippen LogP contribution in [0.4, 0.5) is 11.4 Å². The lowest BCUT2D eigenvalue weighted by molar-refractivity contribution is -0.137.